The Labute approximate surface area is 218 Å². The summed E-state index contributed by atoms with van der Waals surface area (Å²) in [5.74, 6) is -8.70. The first-order valence-corrected chi connectivity index (χ1v) is 12.7. The molecule has 1 aromatic carbocycles. The van der Waals surface area contributed by atoms with Crippen molar-refractivity contribution in [3.8, 4) is 11.5 Å². The van der Waals surface area contributed by atoms with Crippen LogP contribution in [0.3, 0.4) is 0 Å². The number of aromatic hydroxyl groups is 1. The molecular formula is C26H33F2NO9. The van der Waals surface area contributed by atoms with E-state index in [1.807, 2.05) is 20.8 Å². The molecule has 0 radical (unpaired) electrons. The van der Waals surface area contributed by atoms with Crippen LogP contribution < -0.4 is 4.74 Å². The second-order valence-electron chi connectivity index (χ2n) is 10.5. The van der Waals surface area contributed by atoms with Gasteiger partial charge in [-0.2, -0.15) is 8.78 Å². The van der Waals surface area contributed by atoms with Gasteiger partial charge in [-0.1, -0.05) is 33.6 Å². The summed E-state index contributed by atoms with van der Waals surface area (Å²) in [5, 5.41) is 20.2. The minimum Gasteiger partial charge on any atom is -0.508 e. The van der Waals surface area contributed by atoms with Gasteiger partial charge in [0.1, 0.15) is 17.3 Å². The van der Waals surface area contributed by atoms with E-state index in [1.165, 1.54) is 0 Å². The number of alkyl halides is 2. The number of ether oxygens (including phenoxy) is 2. The zero-order valence-corrected chi connectivity index (χ0v) is 21.7. The molecule has 10 nitrogen and oxygen atoms in total. The average Bonchev–Trinajstić information content (AvgIpc) is 2.83. The van der Waals surface area contributed by atoms with E-state index >= 15 is 8.78 Å². The van der Waals surface area contributed by atoms with E-state index in [4.69, 9.17) is 9.47 Å². The summed E-state index contributed by atoms with van der Waals surface area (Å²) in [4.78, 5) is 51.9. The van der Waals surface area contributed by atoms with Crippen LogP contribution in [-0.4, -0.2) is 41.1 Å². The predicted octanol–water partition coefficient (Wildman–Crippen LogP) is 4.83. The highest BCUT2D eigenvalue weighted by molar-refractivity contribution is 5.86. The third kappa shape index (κ3) is 6.05. The van der Waals surface area contributed by atoms with Gasteiger partial charge < -0.3 is 19.4 Å². The largest absolute Gasteiger partial charge is 0.508 e. The Hall–Kier alpha value is -3.31. The fourth-order valence-corrected chi connectivity index (χ4v) is 5.50. The van der Waals surface area contributed by atoms with Crippen LogP contribution in [0.15, 0.2) is 12.1 Å². The summed E-state index contributed by atoms with van der Waals surface area (Å²) >= 11 is 0. The number of fused-ring (bicyclic) bond motifs is 2. The van der Waals surface area contributed by atoms with Crippen LogP contribution in [0.5, 0.6) is 11.5 Å². The number of hydrogen-bond acceptors (Lipinski definition) is 9. The number of esters is 2. The summed E-state index contributed by atoms with van der Waals surface area (Å²) in [6.07, 6.45) is 2.10. The first kappa shape index (κ1) is 29.2. The van der Waals surface area contributed by atoms with E-state index < -0.39 is 51.3 Å². The van der Waals surface area contributed by atoms with Gasteiger partial charge in [0.15, 0.2) is 0 Å². The molecule has 3 aliphatic carbocycles. The van der Waals surface area contributed by atoms with Gasteiger partial charge in [-0.25, -0.2) is 4.79 Å². The molecule has 3 fully saturated rings. The summed E-state index contributed by atoms with van der Waals surface area (Å²) < 4.78 is 40.2. The maximum atomic E-state index is 15.1. The van der Waals surface area contributed by atoms with Crippen LogP contribution in [0.4, 0.5) is 8.78 Å². The number of phenolic OH excluding ortho intramolecular Hbond substituents is 1. The number of carbonyl (C=O) groups is 3. The lowest BCUT2D eigenvalue weighted by Gasteiger charge is -2.59. The lowest BCUT2D eigenvalue weighted by Crippen LogP contribution is -2.56. The monoisotopic (exact) mass is 541 g/mol. The highest BCUT2D eigenvalue weighted by Crippen LogP contribution is 2.64. The molecule has 0 aliphatic heterocycles. The van der Waals surface area contributed by atoms with Gasteiger partial charge in [-0.3, -0.25) is 9.59 Å². The van der Waals surface area contributed by atoms with Gasteiger partial charge in [-0.05, 0) is 42.7 Å². The van der Waals surface area contributed by atoms with Gasteiger partial charge >= 0.3 is 17.9 Å². The van der Waals surface area contributed by atoms with Crippen LogP contribution in [0.2, 0.25) is 0 Å². The van der Waals surface area contributed by atoms with Crippen molar-refractivity contribution in [1.82, 2.24) is 0 Å². The van der Waals surface area contributed by atoms with Crippen LogP contribution in [-0.2, 0) is 29.9 Å². The van der Waals surface area contributed by atoms with Crippen LogP contribution in [0.25, 0.3) is 0 Å². The van der Waals surface area contributed by atoms with E-state index in [9.17, 15) is 29.6 Å². The van der Waals surface area contributed by atoms with Gasteiger partial charge in [0.05, 0.1) is 13.2 Å². The standard InChI is InChI=1S/C26H33F2NO9/c1-4-5-6-9-36-24(33)26(27,28)15-11-20(31)23(16-13-19(30)18-14-17(16)25(18,2)3)21(12-15)38-22(32)8-7-10-37-29(34)35/h11-12,16-18,31H,4-10,13-14H2,1-3H3/t16-,17+,18+/m1/s1. The van der Waals surface area contributed by atoms with Crippen LogP contribution >= 0.6 is 0 Å². The first-order chi connectivity index (χ1) is 17.8. The topological polar surface area (TPSA) is 142 Å². The van der Waals surface area contributed by atoms with Crippen molar-refractivity contribution in [2.75, 3.05) is 13.2 Å². The number of ketones is 1. The van der Waals surface area contributed by atoms with Crippen molar-refractivity contribution in [1.29, 1.82) is 0 Å². The van der Waals surface area contributed by atoms with Gasteiger partial charge in [0.2, 0.25) is 0 Å². The molecule has 0 aromatic heterocycles. The number of phenols is 1. The molecule has 0 unspecified atom stereocenters. The number of nitrogens with zero attached hydrogens (tertiary/aromatic N) is 1. The molecule has 3 aliphatic rings. The lowest BCUT2D eigenvalue weighted by atomic mass is 9.44. The Morgan fingerprint density at radius 3 is 2.53 bits per heavy atom. The predicted molar refractivity (Wildman–Crippen MR) is 128 cm³/mol. The van der Waals surface area contributed by atoms with E-state index in [0.29, 0.717) is 19.3 Å². The molecule has 0 spiro atoms. The third-order valence-corrected chi connectivity index (χ3v) is 7.68. The Morgan fingerprint density at radius 2 is 1.92 bits per heavy atom. The molecule has 210 valence electrons. The number of hydrogen-bond donors (Lipinski definition) is 1. The Bertz CT molecular complexity index is 1090. The number of rotatable bonds is 13. The minimum absolute atomic E-state index is 0.0267. The van der Waals surface area contributed by atoms with Gasteiger partial charge in [-0.15, -0.1) is 10.1 Å². The lowest BCUT2D eigenvalue weighted by molar-refractivity contribution is -0.757. The highest BCUT2D eigenvalue weighted by atomic mass is 19.3. The number of unbranched alkanes of at least 4 members (excludes halogenated alkanes) is 2. The quantitative estimate of drug-likeness (QED) is 0.122. The Morgan fingerprint density at radius 1 is 1.21 bits per heavy atom. The summed E-state index contributed by atoms with van der Waals surface area (Å²) in [7, 11) is 0. The Balaban J connectivity index is 1.92. The van der Waals surface area contributed by atoms with E-state index in [1.54, 1.807) is 0 Å². The molecule has 38 heavy (non-hydrogen) atoms. The average molecular weight is 542 g/mol. The Kier molecular flexibility index (Phi) is 8.94. The number of benzene rings is 1. The molecule has 0 heterocycles. The van der Waals surface area contributed by atoms with E-state index in [0.717, 1.165) is 18.6 Å². The molecular weight excluding hydrogens is 508 g/mol. The van der Waals surface area contributed by atoms with E-state index in [-0.39, 0.29) is 55.7 Å². The van der Waals surface area contributed by atoms with Crippen molar-refractivity contribution in [2.24, 2.45) is 17.3 Å². The van der Waals surface area contributed by atoms with E-state index in [2.05, 4.69) is 4.84 Å². The zero-order chi connectivity index (χ0) is 28.3. The number of halogens is 2. The van der Waals surface area contributed by atoms with Crippen LogP contribution in [0.1, 0.15) is 82.8 Å². The van der Waals surface area contributed by atoms with Crippen molar-refractivity contribution in [3.63, 3.8) is 0 Å². The van der Waals surface area contributed by atoms with Crippen molar-refractivity contribution in [2.45, 2.75) is 77.6 Å². The SMILES string of the molecule is CCCCCOC(=O)C(F)(F)c1cc(O)c([C@@H]2CC(=O)[C@@H]3C[C@@H]2C3(C)C)c(OC(=O)CCCO[N+](=O)[O-])c1. The fraction of sp³-hybridized carbons (Fsp3) is 0.654. The second-order valence-corrected chi connectivity index (χ2v) is 10.5. The zero-order valence-electron chi connectivity index (χ0n) is 21.7. The molecule has 3 saturated carbocycles. The second kappa shape index (κ2) is 11.6. The smallest absolute Gasteiger partial charge is 0.381 e. The maximum absolute atomic E-state index is 15.1. The van der Waals surface area contributed by atoms with Crippen molar-refractivity contribution in [3.05, 3.63) is 33.4 Å². The minimum atomic E-state index is -4.15. The summed E-state index contributed by atoms with van der Waals surface area (Å²) in [6.45, 7) is 5.18. The van der Waals surface area contributed by atoms with Crippen LogP contribution in [0, 0.1) is 27.4 Å². The molecule has 0 saturated heterocycles. The molecule has 4 rings (SSSR count). The fourth-order valence-electron chi connectivity index (χ4n) is 5.50. The molecule has 2 bridgehead atoms. The van der Waals surface area contributed by atoms with Gasteiger partial charge in [0, 0.05) is 35.8 Å². The van der Waals surface area contributed by atoms with Crippen molar-refractivity contribution >= 4 is 17.7 Å². The number of carbonyl (C=O) groups excluding carboxylic acids is 3. The van der Waals surface area contributed by atoms with Gasteiger partial charge in [0.25, 0.3) is 5.09 Å². The molecule has 12 heteroatoms. The number of Topliss-reactive ketones (excluding diaryl/α,β-unsaturated/α-hetero) is 1. The third-order valence-electron chi connectivity index (χ3n) is 7.68. The summed E-state index contributed by atoms with van der Waals surface area (Å²) in [6, 6.07) is 1.56. The highest BCUT2D eigenvalue weighted by Gasteiger charge is 2.59. The first-order valence-electron chi connectivity index (χ1n) is 12.7. The maximum Gasteiger partial charge on any atom is 0.381 e. The molecule has 3 atom stereocenters. The molecule has 1 aromatic rings. The summed E-state index contributed by atoms with van der Waals surface area (Å²) in [5.41, 5.74) is -1.27. The molecule has 0 amide bonds. The normalized spacial score (nSPS) is 21.8. The molecule has 1 N–H and O–H groups in total. The van der Waals surface area contributed by atoms with Crippen molar-refractivity contribution < 1.29 is 47.7 Å².